The van der Waals surface area contributed by atoms with Gasteiger partial charge in [0.2, 0.25) is 0 Å². The fourth-order valence-electron chi connectivity index (χ4n) is 3.14. The van der Waals surface area contributed by atoms with Crippen molar-refractivity contribution in [2.75, 3.05) is 4.72 Å². The Balaban J connectivity index is 1.57. The second-order valence-electron chi connectivity index (χ2n) is 6.40. The van der Waals surface area contributed by atoms with Gasteiger partial charge in [0, 0.05) is 13.5 Å². The monoisotopic (exact) mass is 431 g/mol. The topological polar surface area (TPSA) is 64.0 Å². The standard InChI is InChI=1S/C20H18ClN3O2S2/c1-24-17-9-5-4-8-16(17)22-19(24)12-10-14-6-2-3-7-15(14)23-28(25,26)20-13-11-18(21)27-20/h2-9,11,13,23H,10,12H2,1H3. The molecule has 0 aliphatic carbocycles. The minimum atomic E-state index is -3.66. The second-order valence-corrected chi connectivity index (χ2v) is 10.0. The second kappa shape index (κ2) is 7.58. The van der Waals surface area contributed by atoms with Crippen molar-refractivity contribution < 1.29 is 8.42 Å². The fourth-order valence-corrected chi connectivity index (χ4v) is 5.72. The minimum absolute atomic E-state index is 0.197. The number of halogens is 1. The molecule has 0 saturated carbocycles. The lowest BCUT2D eigenvalue weighted by atomic mass is 10.1. The van der Waals surface area contributed by atoms with Crippen LogP contribution in [0.15, 0.2) is 64.9 Å². The number of aryl methyl sites for hydroxylation is 3. The van der Waals surface area contributed by atoms with Crippen LogP contribution in [0.5, 0.6) is 0 Å². The Kier molecular flexibility index (Phi) is 5.14. The summed E-state index contributed by atoms with van der Waals surface area (Å²) in [5, 5.41) is 0. The predicted molar refractivity (Wildman–Crippen MR) is 115 cm³/mol. The van der Waals surface area contributed by atoms with Crippen LogP contribution in [-0.2, 0) is 29.9 Å². The molecule has 0 spiro atoms. The summed E-state index contributed by atoms with van der Waals surface area (Å²) in [6, 6.07) is 18.5. The minimum Gasteiger partial charge on any atom is -0.331 e. The Hall–Kier alpha value is -2.35. The zero-order valence-corrected chi connectivity index (χ0v) is 17.5. The molecule has 0 unspecified atom stereocenters. The third-order valence-corrected chi connectivity index (χ3v) is 7.66. The Morgan fingerprint density at radius 3 is 2.54 bits per heavy atom. The van der Waals surface area contributed by atoms with Crippen LogP contribution < -0.4 is 4.72 Å². The van der Waals surface area contributed by atoms with Crippen LogP contribution in [0.2, 0.25) is 4.34 Å². The van der Waals surface area contributed by atoms with Crippen LogP contribution in [-0.4, -0.2) is 18.0 Å². The molecular weight excluding hydrogens is 414 g/mol. The Bertz CT molecular complexity index is 1250. The van der Waals surface area contributed by atoms with Gasteiger partial charge in [0.1, 0.15) is 10.0 Å². The lowest BCUT2D eigenvalue weighted by Crippen LogP contribution is -2.13. The van der Waals surface area contributed by atoms with Crippen LogP contribution >= 0.6 is 22.9 Å². The molecule has 2 aromatic heterocycles. The lowest BCUT2D eigenvalue weighted by Gasteiger charge is -2.12. The van der Waals surface area contributed by atoms with Gasteiger partial charge in [-0.25, -0.2) is 13.4 Å². The summed E-state index contributed by atoms with van der Waals surface area (Å²) in [4.78, 5) is 4.69. The quantitative estimate of drug-likeness (QED) is 0.473. The van der Waals surface area contributed by atoms with Gasteiger partial charge < -0.3 is 4.57 Å². The Labute approximate surface area is 172 Å². The first-order valence-corrected chi connectivity index (χ1v) is 11.4. The molecule has 0 atom stereocenters. The van der Waals surface area contributed by atoms with E-state index >= 15 is 0 Å². The number of benzene rings is 2. The summed E-state index contributed by atoms with van der Waals surface area (Å²) in [5.74, 6) is 0.962. The number of fused-ring (bicyclic) bond motifs is 1. The third-order valence-electron chi connectivity index (χ3n) is 4.57. The van der Waals surface area contributed by atoms with Crippen LogP contribution in [0.4, 0.5) is 5.69 Å². The van der Waals surface area contributed by atoms with Gasteiger partial charge in [-0.15, -0.1) is 11.3 Å². The van der Waals surface area contributed by atoms with E-state index in [-0.39, 0.29) is 4.21 Å². The van der Waals surface area contributed by atoms with Crippen molar-refractivity contribution in [2.45, 2.75) is 17.1 Å². The van der Waals surface area contributed by atoms with Crippen LogP contribution in [0, 0.1) is 0 Å². The summed E-state index contributed by atoms with van der Waals surface area (Å²) in [6.45, 7) is 0. The van der Waals surface area contributed by atoms with Crippen molar-refractivity contribution in [2.24, 2.45) is 7.05 Å². The van der Waals surface area contributed by atoms with Gasteiger partial charge in [-0.1, -0.05) is 41.9 Å². The van der Waals surface area contributed by atoms with E-state index in [9.17, 15) is 8.42 Å². The van der Waals surface area contributed by atoms with Crippen LogP contribution in [0.3, 0.4) is 0 Å². The number of sulfonamides is 1. The average Bonchev–Trinajstić information content (AvgIpc) is 3.25. The number of rotatable bonds is 6. The number of hydrogen-bond donors (Lipinski definition) is 1. The first-order chi connectivity index (χ1) is 13.4. The van der Waals surface area contributed by atoms with Crippen molar-refractivity contribution in [1.29, 1.82) is 0 Å². The molecule has 4 aromatic rings. The van der Waals surface area contributed by atoms with Gasteiger partial charge >= 0.3 is 0 Å². The highest BCUT2D eigenvalue weighted by atomic mass is 35.5. The molecule has 0 aliphatic rings. The van der Waals surface area contributed by atoms with E-state index in [1.54, 1.807) is 12.1 Å². The van der Waals surface area contributed by atoms with Crippen molar-refractivity contribution in [3.8, 4) is 0 Å². The number of nitrogens with zero attached hydrogens (tertiary/aromatic N) is 2. The summed E-state index contributed by atoms with van der Waals surface area (Å²) in [7, 11) is -1.66. The highest BCUT2D eigenvalue weighted by molar-refractivity contribution is 7.94. The summed E-state index contributed by atoms with van der Waals surface area (Å²) < 4.78 is 30.7. The normalized spacial score (nSPS) is 11.8. The molecule has 8 heteroatoms. The molecule has 0 bridgehead atoms. The predicted octanol–water partition coefficient (Wildman–Crippen LogP) is 4.87. The molecule has 0 saturated heterocycles. The van der Waals surface area contributed by atoms with E-state index < -0.39 is 10.0 Å². The maximum absolute atomic E-state index is 12.6. The molecule has 2 heterocycles. The van der Waals surface area contributed by atoms with E-state index in [1.165, 1.54) is 6.07 Å². The SMILES string of the molecule is Cn1c(CCc2ccccc2NS(=O)(=O)c2ccc(Cl)s2)nc2ccccc21. The van der Waals surface area contributed by atoms with Gasteiger partial charge in [0.05, 0.1) is 21.1 Å². The van der Waals surface area contributed by atoms with Gasteiger partial charge in [0.25, 0.3) is 10.0 Å². The number of anilines is 1. The molecule has 4 rings (SSSR count). The van der Waals surface area contributed by atoms with Gasteiger partial charge in [-0.2, -0.15) is 0 Å². The Morgan fingerprint density at radius 2 is 1.79 bits per heavy atom. The van der Waals surface area contributed by atoms with Crippen molar-refractivity contribution in [1.82, 2.24) is 9.55 Å². The lowest BCUT2D eigenvalue weighted by molar-refractivity contribution is 0.603. The number of thiophene rings is 1. The molecule has 144 valence electrons. The van der Waals surface area contributed by atoms with Crippen LogP contribution in [0.1, 0.15) is 11.4 Å². The molecular formula is C20H18ClN3O2S2. The highest BCUT2D eigenvalue weighted by Crippen LogP contribution is 2.28. The maximum atomic E-state index is 12.6. The van der Waals surface area contributed by atoms with E-state index in [1.807, 2.05) is 49.5 Å². The fraction of sp³-hybridized carbons (Fsp3) is 0.150. The average molecular weight is 432 g/mol. The van der Waals surface area contributed by atoms with Crippen molar-refractivity contribution in [3.05, 3.63) is 76.4 Å². The van der Waals surface area contributed by atoms with E-state index in [2.05, 4.69) is 9.29 Å². The van der Waals surface area contributed by atoms with Gasteiger partial charge in [-0.05, 0) is 42.3 Å². The van der Waals surface area contributed by atoms with E-state index in [0.29, 0.717) is 22.9 Å². The van der Waals surface area contributed by atoms with Crippen LogP contribution in [0.25, 0.3) is 11.0 Å². The molecule has 0 fully saturated rings. The van der Waals surface area contributed by atoms with Gasteiger partial charge in [0.15, 0.2) is 0 Å². The van der Waals surface area contributed by atoms with E-state index in [0.717, 1.165) is 33.8 Å². The largest absolute Gasteiger partial charge is 0.331 e. The number of aromatic nitrogens is 2. The zero-order valence-electron chi connectivity index (χ0n) is 15.1. The van der Waals surface area contributed by atoms with Crippen molar-refractivity contribution in [3.63, 3.8) is 0 Å². The molecule has 0 radical (unpaired) electrons. The first kappa shape index (κ1) is 19.0. The third kappa shape index (κ3) is 3.78. The Morgan fingerprint density at radius 1 is 1.04 bits per heavy atom. The first-order valence-electron chi connectivity index (χ1n) is 8.70. The van der Waals surface area contributed by atoms with Crippen molar-refractivity contribution >= 4 is 49.7 Å². The molecule has 0 aliphatic heterocycles. The molecule has 2 aromatic carbocycles. The zero-order chi connectivity index (χ0) is 19.7. The molecule has 0 amide bonds. The summed E-state index contributed by atoms with van der Waals surface area (Å²) >= 11 is 6.92. The molecule has 1 N–H and O–H groups in total. The number of imidazole rings is 1. The van der Waals surface area contributed by atoms with Gasteiger partial charge in [-0.3, -0.25) is 4.72 Å². The number of nitrogens with one attached hydrogen (secondary N) is 1. The maximum Gasteiger partial charge on any atom is 0.271 e. The van der Waals surface area contributed by atoms with E-state index in [4.69, 9.17) is 16.6 Å². The summed E-state index contributed by atoms with van der Waals surface area (Å²) in [6.07, 6.45) is 1.37. The summed E-state index contributed by atoms with van der Waals surface area (Å²) in [5.41, 5.74) is 3.54. The number of hydrogen-bond acceptors (Lipinski definition) is 4. The number of para-hydroxylation sites is 3. The molecule has 28 heavy (non-hydrogen) atoms. The highest BCUT2D eigenvalue weighted by Gasteiger charge is 2.18. The molecule has 5 nitrogen and oxygen atoms in total. The smallest absolute Gasteiger partial charge is 0.271 e.